The Morgan fingerprint density at radius 1 is 1.08 bits per heavy atom. The van der Waals surface area contributed by atoms with Gasteiger partial charge in [-0.15, -0.1) is 0 Å². The second-order valence-corrected chi connectivity index (χ2v) is 5.84. The van der Waals surface area contributed by atoms with Crippen LogP contribution in [-0.2, 0) is 28.6 Å². The Morgan fingerprint density at radius 3 is 1.85 bits per heavy atom. The van der Waals surface area contributed by atoms with Crippen LogP contribution in [0.2, 0.25) is 0 Å². The van der Waals surface area contributed by atoms with E-state index in [0.717, 1.165) is 12.5 Å². The fourth-order valence-corrected chi connectivity index (χ4v) is 1.64. The summed E-state index contributed by atoms with van der Waals surface area (Å²) in [6.45, 7) is 1.08. The maximum atomic E-state index is 10.5. The summed E-state index contributed by atoms with van der Waals surface area (Å²) < 4.78 is 50.8. The highest BCUT2D eigenvalue weighted by Gasteiger charge is 2.12. The third kappa shape index (κ3) is 9.74. The van der Waals surface area contributed by atoms with E-state index >= 15 is 0 Å². The van der Waals surface area contributed by atoms with Crippen LogP contribution >= 0.6 is 0 Å². The minimum Gasteiger partial charge on any atom is -0.268 e. The molecule has 0 N–H and O–H groups in total. The highest BCUT2D eigenvalue weighted by Crippen LogP contribution is 1.99. The molecule has 0 bridgehead atoms. The first-order valence-electron chi connectivity index (χ1n) is 3.33. The van der Waals surface area contributed by atoms with Crippen LogP contribution in [-0.4, -0.2) is 42.1 Å². The van der Waals surface area contributed by atoms with Gasteiger partial charge in [0.25, 0.3) is 20.2 Å². The van der Waals surface area contributed by atoms with Crippen molar-refractivity contribution in [1.29, 1.82) is 0 Å². The first-order chi connectivity index (χ1) is 5.60. The van der Waals surface area contributed by atoms with Crippen molar-refractivity contribution in [3.63, 3.8) is 0 Å². The lowest BCUT2D eigenvalue weighted by molar-refractivity contribution is 0.154. The third-order valence-electron chi connectivity index (χ3n) is 0.856. The first-order valence-corrected chi connectivity index (χ1v) is 6.96. The average molecular weight is 232 g/mol. The Kier molecular flexibility index (Phi) is 4.30. The fraction of sp³-hybridized carbons (Fsp3) is 1.00. The van der Waals surface area contributed by atoms with E-state index in [2.05, 4.69) is 8.37 Å². The minimum atomic E-state index is -3.57. The Balaban J connectivity index is 3.98. The highest BCUT2D eigenvalue weighted by molar-refractivity contribution is 7.86. The van der Waals surface area contributed by atoms with Gasteiger partial charge in [-0.1, -0.05) is 0 Å². The monoisotopic (exact) mass is 232 g/mol. The largest absolute Gasteiger partial charge is 0.268 e. The molecule has 8 heteroatoms. The molecule has 0 saturated heterocycles. The van der Waals surface area contributed by atoms with Gasteiger partial charge in [-0.05, 0) is 6.92 Å². The summed E-state index contributed by atoms with van der Waals surface area (Å²) in [5, 5.41) is 0. The summed E-state index contributed by atoms with van der Waals surface area (Å²) in [7, 11) is -7.12. The van der Waals surface area contributed by atoms with Gasteiger partial charge in [0.15, 0.2) is 0 Å². The second kappa shape index (κ2) is 4.36. The molecule has 0 radical (unpaired) electrons. The molecule has 1 atom stereocenters. The molecule has 0 rings (SSSR count). The van der Waals surface area contributed by atoms with E-state index in [0.29, 0.717) is 0 Å². The van der Waals surface area contributed by atoms with Crippen LogP contribution in [0.1, 0.15) is 6.92 Å². The van der Waals surface area contributed by atoms with Crippen LogP contribution in [0.15, 0.2) is 0 Å². The molecule has 0 spiro atoms. The first kappa shape index (κ1) is 12.8. The standard InChI is InChI=1S/C5H12O6S2/c1-5(11-13(3,8)9)4-10-12(2,6)7/h5H,4H2,1-3H3/t5-/m1/s1. The van der Waals surface area contributed by atoms with Crippen LogP contribution in [0, 0.1) is 0 Å². The summed E-state index contributed by atoms with van der Waals surface area (Å²) in [5.41, 5.74) is 0. The van der Waals surface area contributed by atoms with Crippen molar-refractivity contribution < 1.29 is 25.2 Å². The van der Waals surface area contributed by atoms with Crippen LogP contribution in [0.25, 0.3) is 0 Å². The summed E-state index contributed by atoms with van der Waals surface area (Å²) in [4.78, 5) is 0. The Bertz CT molecular complexity index is 339. The smallest absolute Gasteiger partial charge is 0.264 e. The number of hydrogen-bond acceptors (Lipinski definition) is 6. The maximum absolute atomic E-state index is 10.5. The maximum Gasteiger partial charge on any atom is 0.264 e. The van der Waals surface area contributed by atoms with Gasteiger partial charge in [0.1, 0.15) is 0 Å². The molecular weight excluding hydrogens is 220 g/mol. The molecule has 0 aliphatic heterocycles. The van der Waals surface area contributed by atoms with Gasteiger partial charge >= 0.3 is 0 Å². The highest BCUT2D eigenvalue weighted by atomic mass is 32.2. The van der Waals surface area contributed by atoms with Crippen molar-refractivity contribution >= 4 is 20.2 Å². The zero-order chi connectivity index (χ0) is 10.7. The van der Waals surface area contributed by atoms with Gasteiger partial charge in [0, 0.05) is 0 Å². The average Bonchev–Trinajstić information content (AvgIpc) is 1.78. The summed E-state index contributed by atoms with van der Waals surface area (Å²) >= 11 is 0. The molecule has 6 nitrogen and oxygen atoms in total. The van der Waals surface area contributed by atoms with Crippen LogP contribution in [0.4, 0.5) is 0 Å². The van der Waals surface area contributed by atoms with Gasteiger partial charge in [0.05, 0.1) is 25.2 Å². The second-order valence-electron chi connectivity index (χ2n) is 2.60. The van der Waals surface area contributed by atoms with Crippen molar-refractivity contribution in [3.8, 4) is 0 Å². The predicted octanol–water partition coefficient (Wildman–Crippen LogP) is -0.673. The molecule has 0 aliphatic rings. The topological polar surface area (TPSA) is 86.7 Å². The quantitative estimate of drug-likeness (QED) is 0.584. The van der Waals surface area contributed by atoms with Crippen molar-refractivity contribution in [2.75, 3.05) is 19.1 Å². The SMILES string of the molecule is C[C@H](COS(C)(=O)=O)OS(C)(=O)=O. The van der Waals surface area contributed by atoms with Gasteiger partial charge in [-0.2, -0.15) is 16.8 Å². The molecule has 13 heavy (non-hydrogen) atoms. The molecule has 0 amide bonds. The molecule has 0 aromatic rings. The lowest BCUT2D eigenvalue weighted by atomic mass is 10.5. The van der Waals surface area contributed by atoms with Crippen LogP contribution in [0.5, 0.6) is 0 Å². The zero-order valence-corrected chi connectivity index (χ0v) is 9.18. The van der Waals surface area contributed by atoms with E-state index in [1.165, 1.54) is 6.92 Å². The molecule has 80 valence electrons. The summed E-state index contributed by atoms with van der Waals surface area (Å²) in [5.74, 6) is 0. The molecule has 0 saturated carbocycles. The third-order valence-corrected chi connectivity index (χ3v) is 2.10. The van der Waals surface area contributed by atoms with Crippen LogP contribution in [0.3, 0.4) is 0 Å². The van der Waals surface area contributed by atoms with E-state index in [1.54, 1.807) is 0 Å². The van der Waals surface area contributed by atoms with Gasteiger partial charge < -0.3 is 0 Å². The van der Waals surface area contributed by atoms with E-state index in [9.17, 15) is 16.8 Å². The Labute approximate surface area is 78.1 Å². The van der Waals surface area contributed by atoms with Crippen molar-refractivity contribution in [3.05, 3.63) is 0 Å². The molecule has 0 aromatic carbocycles. The van der Waals surface area contributed by atoms with Gasteiger partial charge in [-0.3, -0.25) is 8.37 Å². The van der Waals surface area contributed by atoms with Crippen molar-refractivity contribution in [1.82, 2.24) is 0 Å². The summed E-state index contributed by atoms with van der Waals surface area (Å²) in [6.07, 6.45) is 0.939. The lowest BCUT2D eigenvalue weighted by Crippen LogP contribution is -2.21. The molecule has 0 aromatic heterocycles. The number of rotatable bonds is 5. The zero-order valence-electron chi connectivity index (χ0n) is 7.55. The van der Waals surface area contributed by atoms with Gasteiger partial charge in [-0.25, -0.2) is 0 Å². The van der Waals surface area contributed by atoms with E-state index in [1.807, 2.05) is 0 Å². The van der Waals surface area contributed by atoms with Gasteiger partial charge in [0.2, 0.25) is 0 Å². The fourth-order valence-electron chi connectivity index (χ4n) is 0.546. The normalized spacial score (nSPS) is 15.6. The molecular formula is C5H12O6S2. The molecule has 0 unspecified atom stereocenters. The van der Waals surface area contributed by atoms with E-state index in [-0.39, 0.29) is 6.61 Å². The predicted molar refractivity (Wildman–Crippen MR) is 46.2 cm³/mol. The van der Waals surface area contributed by atoms with Crippen LogP contribution < -0.4 is 0 Å². The molecule has 0 heterocycles. The van der Waals surface area contributed by atoms with E-state index < -0.39 is 26.3 Å². The molecule has 0 aliphatic carbocycles. The Hall–Kier alpha value is -0.180. The van der Waals surface area contributed by atoms with Crippen molar-refractivity contribution in [2.45, 2.75) is 13.0 Å². The number of hydrogen-bond donors (Lipinski definition) is 0. The van der Waals surface area contributed by atoms with E-state index in [4.69, 9.17) is 0 Å². The Morgan fingerprint density at radius 2 is 1.54 bits per heavy atom. The summed E-state index contributed by atoms with van der Waals surface area (Å²) in [6, 6.07) is 0. The lowest BCUT2D eigenvalue weighted by Gasteiger charge is -2.09. The molecule has 0 fully saturated rings. The minimum absolute atomic E-state index is 0.314. The van der Waals surface area contributed by atoms with Crippen molar-refractivity contribution in [2.24, 2.45) is 0 Å².